The lowest BCUT2D eigenvalue weighted by molar-refractivity contribution is -0.385. The Bertz CT molecular complexity index is 447. The molecule has 1 fully saturated rings. The van der Waals surface area contributed by atoms with E-state index in [-0.39, 0.29) is 18.3 Å². The fourth-order valence-electron chi connectivity index (χ4n) is 1.48. The maximum Gasteiger partial charge on any atom is 0.415 e. The van der Waals surface area contributed by atoms with Crippen molar-refractivity contribution in [3.05, 3.63) is 28.4 Å². The number of pyridine rings is 1. The molecule has 8 heteroatoms. The third-order valence-electron chi connectivity index (χ3n) is 2.36. The van der Waals surface area contributed by atoms with Gasteiger partial charge in [-0.25, -0.2) is 9.78 Å². The molecule has 1 saturated heterocycles. The number of rotatable bonds is 3. The first kappa shape index (κ1) is 11.3. The molecule has 90 valence electrons. The normalized spacial score (nSPS) is 19.2. The standard InChI is InChI=1S/C9H10N4O4/c10-3-7-5-12(9(14)17-7)8-2-1-6(4-11-8)13(15)16/h1-2,4,7H,3,5,10H2. The predicted octanol–water partition coefficient (Wildman–Crippen LogP) is 0.274. The Morgan fingerprint density at radius 2 is 2.41 bits per heavy atom. The molecule has 0 aliphatic carbocycles. The SMILES string of the molecule is NCC1CN(c2ccc([N+](=O)[O-])cn2)C(=O)O1. The van der Waals surface area contributed by atoms with Gasteiger partial charge in [0.25, 0.3) is 5.69 Å². The topological polar surface area (TPSA) is 112 Å². The van der Waals surface area contributed by atoms with E-state index in [1.807, 2.05) is 0 Å². The quantitative estimate of drug-likeness (QED) is 0.597. The summed E-state index contributed by atoms with van der Waals surface area (Å²) >= 11 is 0. The summed E-state index contributed by atoms with van der Waals surface area (Å²) in [5, 5.41) is 10.4. The number of carbonyl (C=O) groups is 1. The molecule has 1 aromatic rings. The van der Waals surface area contributed by atoms with Crippen LogP contribution in [0.25, 0.3) is 0 Å². The molecule has 0 spiro atoms. The highest BCUT2D eigenvalue weighted by molar-refractivity contribution is 5.88. The van der Waals surface area contributed by atoms with Gasteiger partial charge < -0.3 is 10.5 Å². The van der Waals surface area contributed by atoms with Crippen LogP contribution in [0.5, 0.6) is 0 Å². The van der Waals surface area contributed by atoms with E-state index in [1.165, 1.54) is 17.0 Å². The lowest BCUT2D eigenvalue weighted by Crippen LogP contribution is -2.27. The van der Waals surface area contributed by atoms with Crippen molar-refractivity contribution in [2.45, 2.75) is 6.10 Å². The van der Waals surface area contributed by atoms with Crippen LogP contribution in [0.3, 0.4) is 0 Å². The molecule has 8 nitrogen and oxygen atoms in total. The van der Waals surface area contributed by atoms with E-state index in [9.17, 15) is 14.9 Å². The van der Waals surface area contributed by atoms with Crippen molar-refractivity contribution >= 4 is 17.6 Å². The first-order valence-electron chi connectivity index (χ1n) is 4.90. The second-order valence-electron chi connectivity index (χ2n) is 3.48. The van der Waals surface area contributed by atoms with Gasteiger partial charge in [-0.3, -0.25) is 15.0 Å². The lowest BCUT2D eigenvalue weighted by Gasteiger charge is -2.10. The van der Waals surface area contributed by atoms with E-state index < -0.39 is 11.0 Å². The molecule has 1 aliphatic rings. The molecular formula is C9H10N4O4. The van der Waals surface area contributed by atoms with E-state index in [2.05, 4.69) is 4.98 Å². The third kappa shape index (κ3) is 2.16. The lowest BCUT2D eigenvalue weighted by atomic mass is 10.3. The highest BCUT2D eigenvalue weighted by Crippen LogP contribution is 2.20. The second-order valence-corrected chi connectivity index (χ2v) is 3.48. The van der Waals surface area contributed by atoms with Crippen LogP contribution in [0, 0.1) is 10.1 Å². The fourth-order valence-corrected chi connectivity index (χ4v) is 1.48. The number of nitrogens with two attached hydrogens (primary N) is 1. The highest BCUT2D eigenvalue weighted by atomic mass is 16.6. The molecule has 1 amide bonds. The van der Waals surface area contributed by atoms with Crippen LogP contribution in [-0.4, -0.2) is 35.2 Å². The van der Waals surface area contributed by atoms with Crippen molar-refractivity contribution in [2.75, 3.05) is 18.0 Å². The van der Waals surface area contributed by atoms with Crippen LogP contribution in [0.1, 0.15) is 0 Å². The van der Waals surface area contributed by atoms with Crippen molar-refractivity contribution in [2.24, 2.45) is 5.73 Å². The van der Waals surface area contributed by atoms with Crippen molar-refractivity contribution in [3.63, 3.8) is 0 Å². The van der Waals surface area contributed by atoms with Gasteiger partial charge in [-0.1, -0.05) is 0 Å². The molecule has 1 atom stereocenters. The van der Waals surface area contributed by atoms with Gasteiger partial charge >= 0.3 is 6.09 Å². The molecule has 1 unspecified atom stereocenters. The van der Waals surface area contributed by atoms with Gasteiger partial charge in [0, 0.05) is 12.6 Å². The predicted molar refractivity (Wildman–Crippen MR) is 57.6 cm³/mol. The number of cyclic esters (lactones) is 1. The minimum Gasteiger partial charge on any atom is -0.443 e. The Balaban J connectivity index is 2.18. The van der Waals surface area contributed by atoms with Crippen LogP contribution in [0.2, 0.25) is 0 Å². The molecule has 17 heavy (non-hydrogen) atoms. The van der Waals surface area contributed by atoms with Crippen LogP contribution in [0.4, 0.5) is 16.3 Å². The van der Waals surface area contributed by atoms with Crippen LogP contribution < -0.4 is 10.6 Å². The zero-order chi connectivity index (χ0) is 12.4. The van der Waals surface area contributed by atoms with Crippen LogP contribution >= 0.6 is 0 Å². The summed E-state index contributed by atoms with van der Waals surface area (Å²) in [5.74, 6) is 0.316. The molecule has 0 radical (unpaired) electrons. The van der Waals surface area contributed by atoms with Gasteiger partial charge in [-0.2, -0.15) is 0 Å². The average Bonchev–Trinajstić information content (AvgIpc) is 2.71. The fraction of sp³-hybridized carbons (Fsp3) is 0.333. The summed E-state index contributed by atoms with van der Waals surface area (Å²) in [5.41, 5.74) is 5.26. The van der Waals surface area contributed by atoms with Gasteiger partial charge in [0.05, 0.1) is 11.5 Å². The van der Waals surface area contributed by atoms with Gasteiger partial charge in [-0.05, 0) is 6.07 Å². The first-order chi connectivity index (χ1) is 8.11. The van der Waals surface area contributed by atoms with Crippen molar-refractivity contribution in [1.29, 1.82) is 0 Å². The van der Waals surface area contributed by atoms with E-state index in [4.69, 9.17) is 10.5 Å². The number of amides is 1. The molecule has 0 bridgehead atoms. The van der Waals surface area contributed by atoms with Gasteiger partial charge in [0.1, 0.15) is 18.1 Å². The van der Waals surface area contributed by atoms with Crippen LogP contribution in [-0.2, 0) is 4.74 Å². The Labute approximate surface area is 96.1 Å². The number of ether oxygens (including phenoxy) is 1. The van der Waals surface area contributed by atoms with E-state index in [0.29, 0.717) is 12.4 Å². The van der Waals surface area contributed by atoms with Gasteiger partial charge in [-0.15, -0.1) is 0 Å². The number of hydrogen-bond acceptors (Lipinski definition) is 6. The Morgan fingerprint density at radius 3 is 2.88 bits per heavy atom. The molecule has 1 aliphatic heterocycles. The number of aromatic nitrogens is 1. The second kappa shape index (κ2) is 4.34. The summed E-state index contributed by atoms with van der Waals surface area (Å²) in [6.07, 6.45) is 0.194. The molecule has 2 rings (SSSR count). The largest absolute Gasteiger partial charge is 0.443 e. The van der Waals surface area contributed by atoms with Gasteiger partial charge in [0.15, 0.2) is 0 Å². The number of carbonyl (C=O) groups excluding carboxylic acids is 1. The zero-order valence-corrected chi connectivity index (χ0v) is 8.78. The molecule has 2 heterocycles. The summed E-state index contributed by atoms with van der Waals surface area (Å²) in [4.78, 5) is 26.5. The highest BCUT2D eigenvalue weighted by Gasteiger charge is 2.32. The van der Waals surface area contributed by atoms with Crippen molar-refractivity contribution in [1.82, 2.24) is 4.98 Å². The van der Waals surface area contributed by atoms with E-state index in [0.717, 1.165) is 6.20 Å². The van der Waals surface area contributed by atoms with Gasteiger partial charge in [0.2, 0.25) is 0 Å². The summed E-state index contributed by atoms with van der Waals surface area (Å²) in [7, 11) is 0. The Hall–Kier alpha value is -2.22. The van der Waals surface area contributed by atoms with E-state index in [1.54, 1.807) is 0 Å². The molecule has 1 aromatic heterocycles. The maximum absolute atomic E-state index is 11.4. The minimum absolute atomic E-state index is 0.128. The Kier molecular flexibility index (Phi) is 2.88. The maximum atomic E-state index is 11.4. The first-order valence-corrected chi connectivity index (χ1v) is 4.90. The smallest absolute Gasteiger partial charge is 0.415 e. The number of nitrogens with zero attached hydrogens (tertiary/aromatic N) is 3. The number of hydrogen-bond donors (Lipinski definition) is 1. The zero-order valence-electron chi connectivity index (χ0n) is 8.78. The summed E-state index contributed by atoms with van der Waals surface area (Å²) in [6.45, 7) is 0.537. The molecule has 0 aromatic carbocycles. The Morgan fingerprint density at radius 1 is 1.65 bits per heavy atom. The minimum atomic E-state index is -0.554. The third-order valence-corrected chi connectivity index (χ3v) is 2.36. The molecular weight excluding hydrogens is 228 g/mol. The monoisotopic (exact) mass is 238 g/mol. The number of anilines is 1. The average molecular weight is 238 g/mol. The number of nitro groups is 1. The summed E-state index contributed by atoms with van der Waals surface area (Å²) < 4.78 is 4.94. The van der Waals surface area contributed by atoms with E-state index >= 15 is 0 Å². The molecule has 2 N–H and O–H groups in total. The summed E-state index contributed by atoms with van der Waals surface area (Å²) in [6, 6.07) is 2.68. The molecule has 0 saturated carbocycles. The van der Waals surface area contributed by atoms with Crippen molar-refractivity contribution < 1.29 is 14.5 Å². The van der Waals surface area contributed by atoms with Crippen LogP contribution in [0.15, 0.2) is 18.3 Å². The van der Waals surface area contributed by atoms with Crippen molar-refractivity contribution in [3.8, 4) is 0 Å².